The number of hydrogen-bond donors (Lipinski definition) is 1. The van der Waals surface area contributed by atoms with Gasteiger partial charge in [-0.15, -0.1) is 0 Å². The van der Waals surface area contributed by atoms with Crippen LogP contribution in [0.25, 0.3) is 0 Å². The molecule has 4 heteroatoms. The van der Waals surface area contributed by atoms with Crippen LogP contribution in [-0.2, 0) is 0 Å². The second-order valence-electron chi connectivity index (χ2n) is 4.29. The van der Waals surface area contributed by atoms with Gasteiger partial charge < -0.3 is 10.5 Å². The van der Waals surface area contributed by atoms with Gasteiger partial charge in [-0.1, -0.05) is 42.3 Å². The first-order valence-corrected chi connectivity index (χ1v) is 6.83. The van der Waals surface area contributed by atoms with Crippen molar-refractivity contribution in [1.82, 2.24) is 0 Å². The third-order valence-electron chi connectivity index (χ3n) is 2.82. The van der Waals surface area contributed by atoms with Gasteiger partial charge in [0.1, 0.15) is 11.5 Å². The van der Waals surface area contributed by atoms with Crippen molar-refractivity contribution < 1.29 is 4.74 Å². The fourth-order valence-corrected chi connectivity index (χ4v) is 2.25. The molecule has 2 rings (SSSR count). The molecule has 100 valence electrons. The highest BCUT2D eigenvalue weighted by atomic mass is 35.5. The standard InChI is InChI=1S/C15H15Cl2NO/c1-2-15(18)10-3-5-13(6-4-10)19-14-8-11(16)7-12(17)9-14/h3-9,15H,2,18H2,1H3. The zero-order valence-electron chi connectivity index (χ0n) is 10.6. The largest absolute Gasteiger partial charge is 0.457 e. The van der Waals surface area contributed by atoms with Crippen LogP contribution in [0.4, 0.5) is 0 Å². The Kier molecular flexibility index (Phi) is 4.70. The molecular weight excluding hydrogens is 281 g/mol. The number of hydrogen-bond acceptors (Lipinski definition) is 2. The quantitative estimate of drug-likeness (QED) is 0.842. The lowest BCUT2D eigenvalue weighted by Gasteiger charge is -2.11. The number of halogens is 2. The van der Waals surface area contributed by atoms with E-state index >= 15 is 0 Å². The minimum absolute atomic E-state index is 0.0645. The lowest BCUT2D eigenvalue weighted by atomic mass is 10.1. The molecule has 0 saturated carbocycles. The smallest absolute Gasteiger partial charge is 0.130 e. The number of nitrogens with two attached hydrogens (primary N) is 1. The van der Waals surface area contributed by atoms with Crippen molar-refractivity contribution in [3.63, 3.8) is 0 Å². The lowest BCUT2D eigenvalue weighted by molar-refractivity contribution is 0.482. The van der Waals surface area contributed by atoms with Gasteiger partial charge in [0.15, 0.2) is 0 Å². The third-order valence-corrected chi connectivity index (χ3v) is 3.26. The summed E-state index contributed by atoms with van der Waals surface area (Å²) in [4.78, 5) is 0. The van der Waals surface area contributed by atoms with E-state index in [1.54, 1.807) is 18.2 Å². The Morgan fingerprint density at radius 2 is 1.58 bits per heavy atom. The normalized spacial score (nSPS) is 12.2. The van der Waals surface area contributed by atoms with Crippen molar-refractivity contribution in [2.75, 3.05) is 0 Å². The second kappa shape index (κ2) is 6.29. The molecule has 2 aromatic rings. The van der Waals surface area contributed by atoms with Gasteiger partial charge in [-0.05, 0) is 42.3 Å². The minimum Gasteiger partial charge on any atom is -0.457 e. The predicted molar refractivity (Wildman–Crippen MR) is 80.2 cm³/mol. The van der Waals surface area contributed by atoms with Crippen LogP contribution in [0, 0.1) is 0 Å². The summed E-state index contributed by atoms with van der Waals surface area (Å²) in [7, 11) is 0. The first kappa shape index (κ1) is 14.2. The van der Waals surface area contributed by atoms with Gasteiger partial charge in [-0.25, -0.2) is 0 Å². The van der Waals surface area contributed by atoms with Gasteiger partial charge >= 0.3 is 0 Å². The van der Waals surface area contributed by atoms with Gasteiger partial charge in [-0.3, -0.25) is 0 Å². The van der Waals surface area contributed by atoms with E-state index in [1.807, 2.05) is 24.3 Å². The van der Waals surface area contributed by atoms with Gasteiger partial charge in [0.25, 0.3) is 0 Å². The maximum atomic E-state index is 5.96. The average Bonchev–Trinajstić information content (AvgIpc) is 2.37. The Morgan fingerprint density at radius 1 is 1.00 bits per heavy atom. The number of benzene rings is 2. The van der Waals surface area contributed by atoms with Crippen molar-refractivity contribution >= 4 is 23.2 Å². The molecule has 0 aliphatic carbocycles. The predicted octanol–water partition coefficient (Wildman–Crippen LogP) is 5.20. The van der Waals surface area contributed by atoms with Crippen LogP contribution >= 0.6 is 23.2 Å². The average molecular weight is 296 g/mol. The zero-order chi connectivity index (χ0) is 13.8. The van der Waals surface area contributed by atoms with Crippen LogP contribution < -0.4 is 10.5 Å². The van der Waals surface area contributed by atoms with Crippen molar-refractivity contribution in [2.45, 2.75) is 19.4 Å². The first-order chi connectivity index (χ1) is 9.08. The van der Waals surface area contributed by atoms with E-state index in [2.05, 4.69) is 6.92 Å². The van der Waals surface area contributed by atoms with Gasteiger partial charge in [-0.2, -0.15) is 0 Å². The van der Waals surface area contributed by atoms with Crippen LogP contribution in [0.1, 0.15) is 24.9 Å². The Morgan fingerprint density at radius 3 is 2.11 bits per heavy atom. The molecule has 0 saturated heterocycles. The molecule has 0 aromatic heterocycles. The number of ether oxygens (including phenoxy) is 1. The molecule has 0 aliphatic heterocycles. The molecule has 0 amide bonds. The van der Waals surface area contributed by atoms with Gasteiger partial charge in [0.05, 0.1) is 0 Å². The molecule has 1 unspecified atom stereocenters. The summed E-state index contributed by atoms with van der Waals surface area (Å²) in [6, 6.07) is 12.9. The molecule has 1 atom stereocenters. The second-order valence-corrected chi connectivity index (χ2v) is 5.16. The fraction of sp³-hybridized carbons (Fsp3) is 0.200. The maximum Gasteiger partial charge on any atom is 0.130 e. The monoisotopic (exact) mass is 295 g/mol. The van der Waals surface area contributed by atoms with E-state index < -0.39 is 0 Å². The molecule has 2 aromatic carbocycles. The van der Waals surface area contributed by atoms with Crippen molar-refractivity contribution in [3.8, 4) is 11.5 Å². The van der Waals surface area contributed by atoms with Gasteiger partial charge in [0.2, 0.25) is 0 Å². The van der Waals surface area contributed by atoms with Crippen molar-refractivity contribution in [2.24, 2.45) is 5.73 Å². The fourth-order valence-electron chi connectivity index (χ4n) is 1.74. The summed E-state index contributed by atoms with van der Waals surface area (Å²) >= 11 is 11.8. The highest BCUT2D eigenvalue weighted by Crippen LogP contribution is 2.29. The Labute approximate surface area is 123 Å². The van der Waals surface area contributed by atoms with E-state index in [0.717, 1.165) is 17.7 Å². The highest BCUT2D eigenvalue weighted by molar-refractivity contribution is 6.34. The van der Waals surface area contributed by atoms with E-state index in [-0.39, 0.29) is 6.04 Å². The van der Waals surface area contributed by atoms with Gasteiger partial charge in [0, 0.05) is 16.1 Å². The van der Waals surface area contributed by atoms with E-state index in [9.17, 15) is 0 Å². The van der Waals surface area contributed by atoms with Crippen LogP contribution in [-0.4, -0.2) is 0 Å². The summed E-state index contributed by atoms with van der Waals surface area (Å²) in [5, 5.41) is 1.10. The van der Waals surface area contributed by atoms with E-state index in [4.69, 9.17) is 33.7 Å². The summed E-state index contributed by atoms with van der Waals surface area (Å²) < 4.78 is 5.70. The molecule has 0 spiro atoms. The topological polar surface area (TPSA) is 35.2 Å². The van der Waals surface area contributed by atoms with Crippen molar-refractivity contribution in [3.05, 3.63) is 58.1 Å². The SMILES string of the molecule is CCC(N)c1ccc(Oc2cc(Cl)cc(Cl)c2)cc1. The highest BCUT2D eigenvalue weighted by Gasteiger charge is 2.04. The molecule has 0 heterocycles. The van der Waals surface area contributed by atoms with Crippen LogP contribution in [0.2, 0.25) is 10.0 Å². The Bertz CT molecular complexity index is 534. The molecule has 2 N–H and O–H groups in total. The molecule has 0 fully saturated rings. The summed E-state index contributed by atoms with van der Waals surface area (Å²) in [6.45, 7) is 2.06. The minimum atomic E-state index is 0.0645. The van der Waals surface area contributed by atoms with E-state index in [0.29, 0.717) is 15.8 Å². The van der Waals surface area contributed by atoms with Crippen LogP contribution in [0.5, 0.6) is 11.5 Å². The van der Waals surface area contributed by atoms with Crippen LogP contribution in [0.3, 0.4) is 0 Å². The lowest BCUT2D eigenvalue weighted by Crippen LogP contribution is -2.07. The maximum absolute atomic E-state index is 5.96. The van der Waals surface area contributed by atoms with Crippen LogP contribution in [0.15, 0.2) is 42.5 Å². The zero-order valence-corrected chi connectivity index (χ0v) is 12.1. The molecular formula is C15H15Cl2NO. The van der Waals surface area contributed by atoms with E-state index in [1.165, 1.54) is 0 Å². The molecule has 19 heavy (non-hydrogen) atoms. The Hall–Kier alpha value is -1.22. The molecule has 2 nitrogen and oxygen atoms in total. The number of rotatable bonds is 4. The van der Waals surface area contributed by atoms with Crippen molar-refractivity contribution in [1.29, 1.82) is 0 Å². The molecule has 0 bridgehead atoms. The summed E-state index contributed by atoms with van der Waals surface area (Å²) in [6.07, 6.45) is 0.907. The molecule has 0 aliphatic rings. The third kappa shape index (κ3) is 3.87. The first-order valence-electron chi connectivity index (χ1n) is 6.08. The summed E-state index contributed by atoms with van der Waals surface area (Å²) in [5.41, 5.74) is 7.06. The Balaban J connectivity index is 2.15. The molecule has 0 radical (unpaired) electrons. The summed E-state index contributed by atoms with van der Waals surface area (Å²) in [5.74, 6) is 1.34.